The molecule has 0 aliphatic carbocycles. The van der Waals surface area contributed by atoms with E-state index >= 15 is 0 Å². The van der Waals surface area contributed by atoms with Crippen molar-refractivity contribution in [3.05, 3.63) is 0 Å². The molecule has 0 rings (SSSR count). The fraction of sp³-hybridized carbons (Fsp3) is 0.889. The van der Waals surface area contributed by atoms with E-state index in [1.807, 2.05) is 13.8 Å². The maximum atomic E-state index is 12.8. The SMILES string of the molecule is CCCNC(C(C)=O)C(C(C)=O)(C(C)C)N(C(C)C)C(C)C. The predicted molar refractivity (Wildman–Crippen MR) is 93.1 cm³/mol. The molecule has 0 radical (unpaired) electrons. The first-order valence-electron chi connectivity index (χ1n) is 8.58. The van der Waals surface area contributed by atoms with Gasteiger partial charge in [-0.05, 0) is 60.4 Å². The Bertz CT molecular complexity index is 369. The highest BCUT2D eigenvalue weighted by Crippen LogP contribution is 2.34. The Hall–Kier alpha value is -0.740. The summed E-state index contributed by atoms with van der Waals surface area (Å²) >= 11 is 0. The van der Waals surface area contributed by atoms with Crippen molar-refractivity contribution in [1.82, 2.24) is 10.2 Å². The molecule has 0 saturated carbocycles. The first-order chi connectivity index (χ1) is 10.0. The Morgan fingerprint density at radius 2 is 1.45 bits per heavy atom. The van der Waals surface area contributed by atoms with E-state index in [1.165, 1.54) is 0 Å². The molecule has 0 spiro atoms. The number of Topliss-reactive ketones (excluding diaryl/α,β-unsaturated/α-hetero) is 2. The second-order valence-electron chi connectivity index (χ2n) is 7.13. The number of nitrogens with zero attached hydrogens (tertiary/aromatic N) is 1. The molecule has 4 nitrogen and oxygen atoms in total. The van der Waals surface area contributed by atoms with Gasteiger partial charge in [0, 0.05) is 12.1 Å². The highest BCUT2D eigenvalue weighted by Gasteiger charge is 2.53. The Labute approximate surface area is 137 Å². The number of hydrogen-bond donors (Lipinski definition) is 1. The number of carbonyl (C=O) groups is 2. The number of hydrogen-bond acceptors (Lipinski definition) is 4. The maximum Gasteiger partial charge on any atom is 0.152 e. The van der Waals surface area contributed by atoms with Crippen LogP contribution in [0.5, 0.6) is 0 Å². The molecule has 0 aliphatic rings. The van der Waals surface area contributed by atoms with Crippen LogP contribution in [0, 0.1) is 5.92 Å². The van der Waals surface area contributed by atoms with Crippen molar-refractivity contribution >= 4 is 11.6 Å². The Balaban J connectivity index is 6.27. The van der Waals surface area contributed by atoms with Gasteiger partial charge in [-0.3, -0.25) is 14.5 Å². The lowest BCUT2D eigenvalue weighted by molar-refractivity contribution is -0.146. The number of nitrogens with one attached hydrogen (secondary N) is 1. The van der Waals surface area contributed by atoms with Crippen molar-refractivity contribution in [3.63, 3.8) is 0 Å². The van der Waals surface area contributed by atoms with Crippen LogP contribution in [0.3, 0.4) is 0 Å². The zero-order valence-corrected chi connectivity index (χ0v) is 16.0. The number of carbonyl (C=O) groups excluding carboxylic acids is 2. The molecule has 2 unspecified atom stereocenters. The molecular weight excluding hydrogens is 276 g/mol. The van der Waals surface area contributed by atoms with E-state index in [0.717, 1.165) is 13.0 Å². The number of ketones is 2. The predicted octanol–water partition coefficient (Wildman–Crippen LogP) is 3.05. The summed E-state index contributed by atoms with van der Waals surface area (Å²) in [6.45, 7) is 18.5. The van der Waals surface area contributed by atoms with E-state index in [2.05, 4.69) is 44.8 Å². The Kier molecular flexibility index (Phi) is 8.48. The van der Waals surface area contributed by atoms with Gasteiger partial charge in [-0.15, -0.1) is 0 Å². The van der Waals surface area contributed by atoms with Crippen molar-refractivity contribution in [3.8, 4) is 0 Å². The molecule has 1 N–H and O–H groups in total. The molecule has 0 fully saturated rings. The Morgan fingerprint density at radius 1 is 1.00 bits per heavy atom. The van der Waals surface area contributed by atoms with E-state index < -0.39 is 11.6 Å². The summed E-state index contributed by atoms with van der Waals surface area (Å²) < 4.78 is 0. The third-order valence-electron chi connectivity index (χ3n) is 4.43. The minimum absolute atomic E-state index is 0.0312. The molecule has 0 saturated heterocycles. The Morgan fingerprint density at radius 3 is 1.68 bits per heavy atom. The van der Waals surface area contributed by atoms with Gasteiger partial charge in [0.05, 0.1) is 6.04 Å². The topological polar surface area (TPSA) is 49.4 Å². The van der Waals surface area contributed by atoms with Crippen molar-refractivity contribution < 1.29 is 9.59 Å². The van der Waals surface area contributed by atoms with Crippen LogP contribution in [0.25, 0.3) is 0 Å². The molecule has 0 aromatic rings. The molecule has 0 aromatic carbocycles. The fourth-order valence-electron chi connectivity index (χ4n) is 3.92. The van der Waals surface area contributed by atoms with Crippen molar-refractivity contribution in [1.29, 1.82) is 0 Å². The molecule has 0 heterocycles. The monoisotopic (exact) mass is 312 g/mol. The van der Waals surface area contributed by atoms with E-state index in [1.54, 1.807) is 13.8 Å². The molecule has 0 amide bonds. The van der Waals surface area contributed by atoms with Crippen molar-refractivity contribution in [2.45, 2.75) is 92.4 Å². The third kappa shape index (κ3) is 4.17. The van der Waals surface area contributed by atoms with Gasteiger partial charge in [0.1, 0.15) is 11.3 Å². The smallest absolute Gasteiger partial charge is 0.152 e. The van der Waals surface area contributed by atoms with E-state index in [0.29, 0.717) is 0 Å². The molecule has 22 heavy (non-hydrogen) atoms. The van der Waals surface area contributed by atoms with Gasteiger partial charge in [-0.25, -0.2) is 0 Å². The van der Waals surface area contributed by atoms with Gasteiger partial charge in [-0.1, -0.05) is 20.8 Å². The van der Waals surface area contributed by atoms with Crippen LogP contribution in [0.1, 0.15) is 68.7 Å². The quantitative estimate of drug-likeness (QED) is 0.673. The summed E-state index contributed by atoms with van der Waals surface area (Å²) in [5.41, 5.74) is -0.816. The largest absolute Gasteiger partial charge is 0.306 e. The molecule has 0 aromatic heterocycles. The van der Waals surface area contributed by atoms with Crippen LogP contribution < -0.4 is 5.32 Å². The third-order valence-corrected chi connectivity index (χ3v) is 4.43. The number of rotatable bonds is 10. The highest BCUT2D eigenvalue weighted by atomic mass is 16.1. The fourth-order valence-corrected chi connectivity index (χ4v) is 3.92. The highest BCUT2D eigenvalue weighted by molar-refractivity contribution is 5.96. The lowest BCUT2D eigenvalue weighted by Gasteiger charge is -2.53. The molecular formula is C18H36N2O2. The van der Waals surface area contributed by atoms with Crippen LogP contribution in [-0.2, 0) is 9.59 Å². The molecule has 0 aliphatic heterocycles. The van der Waals surface area contributed by atoms with Crippen LogP contribution in [-0.4, -0.2) is 46.7 Å². The lowest BCUT2D eigenvalue weighted by Crippen LogP contribution is -2.72. The van der Waals surface area contributed by atoms with Crippen LogP contribution in [0.2, 0.25) is 0 Å². The zero-order chi connectivity index (χ0) is 17.7. The summed E-state index contributed by atoms with van der Waals surface area (Å²) in [7, 11) is 0. The second-order valence-corrected chi connectivity index (χ2v) is 7.13. The first kappa shape index (κ1) is 21.3. The van der Waals surface area contributed by atoms with Gasteiger partial charge in [-0.2, -0.15) is 0 Å². The van der Waals surface area contributed by atoms with Gasteiger partial charge in [0.25, 0.3) is 0 Å². The molecule has 2 atom stereocenters. The average molecular weight is 312 g/mol. The van der Waals surface area contributed by atoms with Gasteiger partial charge in [0.2, 0.25) is 0 Å². The second kappa shape index (κ2) is 8.78. The van der Waals surface area contributed by atoms with Crippen molar-refractivity contribution in [2.24, 2.45) is 5.92 Å². The summed E-state index contributed by atoms with van der Waals surface area (Å²) in [6, 6.07) is -0.122. The van der Waals surface area contributed by atoms with Gasteiger partial charge in [0.15, 0.2) is 5.78 Å². The first-order valence-corrected chi connectivity index (χ1v) is 8.58. The van der Waals surface area contributed by atoms with Gasteiger partial charge < -0.3 is 5.32 Å². The minimum atomic E-state index is -0.816. The molecule has 130 valence electrons. The van der Waals surface area contributed by atoms with Gasteiger partial charge >= 0.3 is 0 Å². The van der Waals surface area contributed by atoms with E-state index in [-0.39, 0.29) is 29.6 Å². The summed E-state index contributed by atoms with van der Waals surface area (Å²) in [5.74, 6) is 0.130. The van der Waals surface area contributed by atoms with E-state index in [4.69, 9.17) is 0 Å². The molecule has 0 bridgehead atoms. The van der Waals surface area contributed by atoms with Crippen molar-refractivity contribution in [2.75, 3.05) is 6.54 Å². The minimum Gasteiger partial charge on any atom is -0.306 e. The molecule has 4 heteroatoms. The standard InChI is InChI=1S/C18H36N2O2/c1-10-11-19-17(15(8)21)18(12(2)3,16(9)22)20(13(4)5)14(6)7/h12-14,17,19H,10-11H2,1-9H3. The van der Waals surface area contributed by atoms with Crippen LogP contribution in [0.15, 0.2) is 0 Å². The summed E-state index contributed by atoms with van der Waals surface area (Å²) in [4.78, 5) is 27.5. The lowest BCUT2D eigenvalue weighted by atomic mass is 9.72. The maximum absolute atomic E-state index is 12.8. The van der Waals surface area contributed by atoms with Crippen LogP contribution >= 0.6 is 0 Å². The van der Waals surface area contributed by atoms with E-state index in [9.17, 15) is 9.59 Å². The summed E-state index contributed by atoms with van der Waals surface area (Å²) in [5, 5.41) is 3.35. The van der Waals surface area contributed by atoms with Crippen LogP contribution in [0.4, 0.5) is 0 Å². The normalized spacial score (nSPS) is 16.4. The summed E-state index contributed by atoms with van der Waals surface area (Å²) in [6.07, 6.45) is 0.930. The zero-order valence-electron chi connectivity index (χ0n) is 16.0. The average Bonchev–Trinajstić information content (AvgIpc) is 2.35.